The van der Waals surface area contributed by atoms with Gasteiger partial charge in [0.15, 0.2) is 5.82 Å². The van der Waals surface area contributed by atoms with E-state index in [2.05, 4.69) is 19.9 Å². The molecule has 1 saturated carbocycles. The minimum absolute atomic E-state index is 0.139. The van der Waals surface area contributed by atoms with Crippen molar-refractivity contribution in [3.05, 3.63) is 66.4 Å². The topological polar surface area (TPSA) is 95.3 Å². The summed E-state index contributed by atoms with van der Waals surface area (Å²) < 4.78 is 38.6. The summed E-state index contributed by atoms with van der Waals surface area (Å²) in [4.78, 5) is 34.2. The van der Waals surface area contributed by atoms with Crippen LogP contribution < -0.4 is 4.90 Å². The van der Waals surface area contributed by atoms with Gasteiger partial charge in [0.2, 0.25) is 5.91 Å². The van der Waals surface area contributed by atoms with Gasteiger partial charge in [-0.15, -0.1) is 0 Å². The molecular formula is C31H35F3N6O2. The van der Waals surface area contributed by atoms with Crippen LogP contribution in [0.1, 0.15) is 56.2 Å². The molecule has 1 amide bonds. The molecule has 0 aromatic carbocycles. The SMILES string of the molecule is O=C(C1CCN(c2ccc(C(F)(F)F)cn2)C1)N1CCC(CC2CCC(O)(c3ccc(-c4ncccn4)cn3)CC2)C1. The first-order valence-corrected chi connectivity index (χ1v) is 14.7. The molecule has 1 N–H and O–H groups in total. The van der Waals surface area contributed by atoms with Gasteiger partial charge in [-0.2, -0.15) is 13.2 Å². The predicted molar refractivity (Wildman–Crippen MR) is 150 cm³/mol. The quantitative estimate of drug-likeness (QED) is 0.434. The van der Waals surface area contributed by atoms with E-state index in [0.717, 1.165) is 56.6 Å². The summed E-state index contributed by atoms with van der Waals surface area (Å²) in [5.74, 6) is 2.02. The maximum absolute atomic E-state index is 13.3. The minimum Gasteiger partial charge on any atom is -0.384 e. The van der Waals surface area contributed by atoms with Gasteiger partial charge < -0.3 is 14.9 Å². The van der Waals surface area contributed by atoms with Crippen LogP contribution in [0.4, 0.5) is 19.0 Å². The van der Waals surface area contributed by atoms with Gasteiger partial charge in [-0.3, -0.25) is 9.78 Å². The average molecular weight is 581 g/mol. The highest BCUT2D eigenvalue weighted by Crippen LogP contribution is 2.42. The summed E-state index contributed by atoms with van der Waals surface area (Å²) >= 11 is 0. The summed E-state index contributed by atoms with van der Waals surface area (Å²) in [5.41, 5.74) is -0.192. The van der Waals surface area contributed by atoms with E-state index in [1.165, 1.54) is 6.07 Å². The summed E-state index contributed by atoms with van der Waals surface area (Å²) in [6, 6.07) is 7.99. The summed E-state index contributed by atoms with van der Waals surface area (Å²) in [7, 11) is 0. The molecule has 2 saturated heterocycles. The number of nitrogens with zero attached hydrogens (tertiary/aromatic N) is 6. The molecule has 3 fully saturated rings. The van der Waals surface area contributed by atoms with Crippen LogP contribution in [0.2, 0.25) is 0 Å². The highest BCUT2D eigenvalue weighted by molar-refractivity contribution is 5.80. The number of rotatable bonds is 6. The Morgan fingerprint density at radius 3 is 2.36 bits per heavy atom. The molecule has 6 rings (SSSR count). The Morgan fingerprint density at radius 2 is 1.69 bits per heavy atom. The molecule has 0 spiro atoms. The molecule has 11 heteroatoms. The molecular weight excluding hydrogens is 545 g/mol. The van der Waals surface area contributed by atoms with Crippen molar-refractivity contribution in [2.75, 3.05) is 31.1 Å². The van der Waals surface area contributed by atoms with Gasteiger partial charge >= 0.3 is 6.18 Å². The second-order valence-corrected chi connectivity index (χ2v) is 12.0. The van der Waals surface area contributed by atoms with Crippen molar-refractivity contribution in [1.29, 1.82) is 0 Å². The third-order valence-corrected chi connectivity index (χ3v) is 9.20. The minimum atomic E-state index is -4.41. The van der Waals surface area contributed by atoms with Crippen molar-refractivity contribution < 1.29 is 23.1 Å². The molecule has 2 unspecified atom stereocenters. The number of hydrogen-bond acceptors (Lipinski definition) is 7. The van der Waals surface area contributed by atoms with Crippen molar-refractivity contribution in [2.24, 2.45) is 17.8 Å². The first-order chi connectivity index (χ1) is 20.2. The van der Waals surface area contributed by atoms with Gasteiger partial charge in [-0.25, -0.2) is 15.0 Å². The summed E-state index contributed by atoms with van der Waals surface area (Å²) in [6.45, 7) is 2.58. The molecule has 0 bridgehead atoms. The maximum atomic E-state index is 13.3. The van der Waals surface area contributed by atoms with Gasteiger partial charge in [0.1, 0.15) is 11.4 Å². The third-order valence-electron chi connectivity index (χ3n) is 9.20. The summed E-state index contributed by atoms with van der Waals surface area (Å²) in [6.07, 6.45) is 7.42. The number of halogens is 3. The van der Waals surface area contributed by atoms with E-state index in [-0.39, 0.29) is 11.8 Å². The molecule has 42 heavy (non-hydrogen) atoms. The fourth-order valence-electron chi connectivity index (χ4n) is 6.76. The van der Waals surface area contributed by atoms with Gasteiger partial charge in [-0.1, -0.05) is 0 Å². The van der Waals surface area contributed by atoms with E-state index < -0.39 is 17.3 Å². The molecule has 8 nitrogen and oxygen atoms in total. The molecule has 0 radical (unpaired) electrons. The lowest BCUT2D eigenvalue weighted by Gasteiger charge is -2.36. The highest BCUT2D eigenvalue weighted by atomic mass is 19.4. The van der Waals surface area contributed by atoms with E-state index in [0.29, 0.717) is 61.5 Å². The molecule has 5 heterocycles. The van der Waals surface area contributed by atoms with Crippen LogP contribution in [0.5, 0.6) is 0 Å². The number of carbonyl (C=O) groups excluding carboxylic acids is 1. The normalized spacial score (nSPS) is 26.5. The molecule has 2 aliphatic heterocycles. The number of anilines is 1. The van der Waals surface area contributed by atoms with Crippen LogP contribution in [0.15, 0.2) is 55.1 Å². The standard InChI is InChI=1S/C31H35F3N6O2/c32-31(33,34)25-3-5-27(38-18-25)39-15-9-24(20-39)29(41)40-14-8-22(19-40)16-21-6-10-30(42,11-7-21)26-4-2-23(17-37-26)28-35-12-1-13-36-28/h1-5,12-13,17-18,21-22,24,42H,6-11,14-16,19-20H2. The Bertz CT molecular complexity index is 1360. The number of alkyl halides is 3. The van der Waals surface area contributed by atoms with Crippen molar-refractivity contribution in [3.8, 4) is 11.4 Å². The highest BCUT2D eigenvalue weighted by Gasteiger charge is 2.39. The van der Waals surface area contributed by atoms with Gasteiger partial charge in [-0.05, 0) is 87.1 Å². The third kappa shape index (κ3) is 6.11. The lowest BCUT2D eigenvalue weighted by molar-refractivity contribution is -0.137. The second-order valence-electron chi connectivity index (χ2n) is 12.0. The largest absolute Gasteiger partial charge is 0.417 e. The van der Waals surface area contributed by atoms with E-state index in [1.807, 2.05) is 21.9 Å². The number of likely N-dealkylation sites (tertiary alicyclic amines) is 1. The monoisotopic (exact) mass is 580 g/mol. The second kappa shape index (κ2) is 11.6. The van der Waals surface area contributed by atoms with Crippen molar-refractivity contribution in [2.45, 2.75) is 56.7 Å². The summed E-state index contributed by atoms with van der Waals surface area (Å²) in [5, 5.41) is 11.4. The predicted octanol–water partition coefficient (Wildman–Crippen LogP) is 5.10. The van der Waals surface area contributed by atoms with Crippen molar-refractivity contribution >= 4 is 11.7 Å². The van der Waals surface area contributed by atoms with Crippen LogP contribution in [-0.2, 0) is 16.6 Å². The lowest BCUT2D eigenvalue weighted by Crippen LogP contribution is -2.36. The number of carbonyl (C=O) groups is 1. The maximum Gasteiger partial charge on any atom is 0.417 e. The first-order valence-electron chi connectivity index (χ1n) is 14.7. The van der Waals surface area contributed by atoms with E-state index in [4.69, 9.17) is 0 Å². The number of pyridine rings is 2. The van der Waals surface area contributed by atoms with Crippen LogP contribution in [0, 0.1) is 17.8 Å². The van der Waals surface area contributed by atoms with Crippen LogP contribution in [0.25, 0.3) is 11.4 Å². The fraction of sp³-hybridized carbons (Fsp3) is 0.516. The molecule has 2 atom stereocenters. The zero-order valence-corrected chi connectivity index (χ0v) is 23.4. The van der Waals surface area contributed by atoms with Gasteiger partial charge in [0.05, 0.1) is 17.2 Å². The zero-order chi connectivity index (χ0) is 29.3. The molecule has 1 aliphatic carbocycles. The van der Waals surface area contributed by atoms with E-state index in [1.54, 1.807) is 24.7 Å². The Morgan fingerprint density at radius 1 is 0.905 bits per heavy atom. The van der Waals surface area contributed by atoms with Crippen LogP contribution >= 0.6 is 0 Å². The lowest BCUT2D eigenvalue weighted by atomic mass is 9.74. The van der Waals surface area contributed by atoms with Crippen LogP contribution in [0.3, 0.4) is 0 Å². The number of aromatic nitrogens is 4. The smallest absolute Gasteiger partial charge is 0.384 e. The Hall–Kier alpha value is -3.60. The number of aliphatic hydroxyl groups is 1. The molecule has 3 aliphatic rings. The number of hydrogen-bond donors (Lipinski definition) is 1. The molecule has 3 aromatic rings. The fourth-order valence-corrected chi connectivity index (χ4v) is 6.76. The first kappa shape index (κ1) is 28.5. The van der Waals surface area contributed by atoms with Crippen LogP contribution in [-0.4, -0.2) is 62.0 Å². The van der Waals surface area contributed by atoms with Crippen molar-refractivity contribution in [3.63, 3.8) is 0 Å². The van der Waals surface area contributed by atoms with Crippen molar-refractivity contribution in [1.82, 2.24) is 24.8 Å². The Balaban J connectivity index is 0.966. The average Bonchev–Trinajstić information content (AvgIpc) is 3.69. The molecule has 222 valence electrons. The number of amides is 1. The molecule has 3 aromatic heterocycles. The van der Waals surface area contributed by atoms with Gasteiger partial charge in [0.25, 0.3) is 0 Å². The van der Waals surface area contributed by atoms with Gasteiger partial charge in [0, 0.05) is 56.5 Å². The Kier molecular flexibility index (Phi) is 7.87. The zero-order valence-electron chi connectivity index (χ0n) is 23.4. The van der Waals surface area contributed by atoms with E-state index >= 15 is 0 Å². The van der Waals surface area contributed by atoms with E-state index in [9.17, 15) is 23.1 Å². The Labute approximate surface area is 243 Å².